The molecule has 0 aliphatic rings. The van der Waals surface area contributed by atoms with Crippen molar-refractivity contribution in [1.82, 2.24) is 4.90 Å². The maximum Gasteiger partial charge on any atom is 0.0276 e. The van der Waals surface area contributed by atoms with Crippen molar-refractivity contribution in [2.75, 3.05) is 20.6 Å². The molecule has 0 bridgehead atoms. The molecule has 0 saturated heterocycles. The van der Waals surface area contributed by atoms with Crippen LogP contribution in [0.4, 0.5) is 0 Å². The smallest absolute Gasteiger partial charge is 0.0276 e. The van der Waals surface area contributed by atoms with E-state index >= 15 is 0 Å². The second-order valence-electron chi connectivity index (χ2n) is 4.18. The van der Waals surface area contributed by atoms with Crippen LogP contribution in [0.15, 0.2) is 4.99 Å². The zero-order chi connectivity index (χ0) is 11.1. The van der Waals surface area contributed by atoms with Gasteiger partial charge in [-0.05, 0) is 26.8 Å². The Morgan fingerprint density at radius 1 is 1.29 bits per heavy atom. The normalized spacial score (nSPS) is 15.3. The molecule has 2 heteroatoms. The summed E-state index contributed by atoms with van der Waals surface area (Å²) in [6.45, 7) is 10.0. The van der Waals surface area contributed by atoms with E-state index in [4.69, 9.17) is 0 Å². The maximum absolute atomic E-state index is 4.24. The van der Waals surface area contributed by atoms with Crippen molar-refractivity contribution < 1.29 is 0 Å². The minimum atomic E-state index is 0.575. The van der Waals surface area contributed by atoms with Gasteiger partial charge in [0.05, 0.1) is 0 Å². The van der Waals surface area contributed by atoms with E-state index in [0.29, 0.717) is 5.92 Å². The molecule has 0 radical (unpaired) electrons. The lowest BCUT2D eigenvalue weighted by Gasteiger charge is -2.28. The van der Waals surface area contributed by atoms with E-state index < -0.39 is 0 Å². The lowest BCUT2D eigenvalue weighted by Crippen LogP contribution is -2.35. The van der Waals surface area contributed by atoms with Gasteiger partial charge in [0.25, 0.3) is 0 Å². The molecular weight excluding hydrogens is 172 g/mol. The lowest BCUT2D eigenvalue weighted by atomic mass is 10.0. The van der Waals surface area contributed by atoms with E-state index in [1.165, 1.54) is 18.6 Å². The van der Waals surface area contributed by atoms with Gasteiger partial charge < -0.3 is 4.90 Å². The van der Waals surface area contributed by atoms with Gasteiger partial charge >= 0.3 is 0 Å². The predicted octanol–water partition coefficient (Wildman–Crippen LogP) is 2.83. The largest absolute Gasteiger partial charge is 0.303 e. The number of nitrogens with zero attached hydrogens (tertiary/aromatic N) is 2. The molecule has 0 aromatic heterocycles. The fourth-order valence-electron chi connectivity index (χ4n) is 1.85. The highest BCUT2D eigenvalue weighted by molar-refractivity contribution is 5.84. The van der Waals surface area contributed by atoms with Crippen molar-refractivity contribution in [3.63, 3.8) is 0 Å². The molecule has 2 nitrogen and oxygen atoms in total. The second kappa shape index (κ2) is 6.99. The van der Waals surface area contributed by atoms with Crippen LogP contribution in [0.2, 0.25) is 0 Å². The molecule has 0 spiro atoms. The zero-order valence-electron chi connectivity index (χ0n) is 10.7. The summed E-state index contributed by atoms with van der Waals surface area (Å²) in [6.07, 6.45) is 2.48. The Labute approximate surface area is 89.4 Å². The van der Waals surface area contributed by atoms with Gasteiger partial charge in [0.15, 0.2) is 0 Å². The Balaban J connectivity index is 4.10. The Morgan fingerprint density at radius 2 is 1.79 bits per heavy atom. The number of hydrogen-bond acceptors (Lipinski definition) is 2. The van der Waals surface area contributed by atoms with Crippen LogP contribution in [0.25, 0.3) is 0 Å². The van der Waals surface area contributed by atoms with Gasteiger partial charge in [-0.15, -0.1) is 0 Å². The SMILES string of the molecule is CCC(CC)N(C)CC(C)C(C)=NC. The van der Waals surface area contributed by atoms with Crippen LogP contribution in [0.1, 0.15) is 40.5 Å². The van der Waals surface area contributed by atoms with Gasteiger partial charge in [0, 0.05) is 31.3 Å². The second-order valence-corrected chi connectivity index (χ2v) is 4.18. The van der Waals surface area contributed by atoms with Crippen molar-refractivity contribution in [1.29, 1.82) is 0 Å². The monoisotopic (exact) mass is 198 g/mol. The van der Waals surface area contributed by atoms with Crippen LogP contribution >= 0.6 is 0 Å². The molecule has 84 valence electrons. The molecule has 0 heterocycles. The predicted molar refractivity (Wildman–Crippen MR) is 65.2 cm³/mol. The van der Waals surface area contributed by atoms with Crippen LogP contribution in [-0.2, 0) is 0 Å². The van der Waals surface area contributed by atoms with Crippen LogP contribution in [0.5, 0.6) is 0 Å². The highest BCUT2D eigenvalue weighted by Crippen LogP contribution is 2.09. The molecule has 0 aliphatic heterocycles. The summed E-state index contributed by atoms with van der Waals surface area (Å²) in [7, 11) is 4.10. The third-order valence-electron chi connectivity index (χ3n) is 3.19. The minimum Gasteiger partial charge on any atom is -0.303 e. The first-order valence-corrected chi connectivity index (χ1v) is 5.70. The number of hydrogen-bond donors (Lipinski definition) is 0. The molecule has 1 atom stereocenters. The molecule has 0 rings (SSSR count). The lowest BCUT2D eigenvalue weighted by molar-refractivity contribution is 0.218. The van der Waals surface area contributed by atoms with Gasteiger partial charge in [0.1, 0.15) is 0 Å². The summed E-state index contributed by atoms with van der Waals surface area (Å²) >= 11 is 0. The number of rotatable bonds is 6. The Morgan fingerprint density at radius 3 is 2.14 bits per heavy atom. The highest BCUT2D eigenvalue weighted by atomic mass is 15.1. The summed E-state index contributed by atoms with van der Waals surface area (Å²) in [5.41, 5.74) is 1.25. The summed E-state index contributed by atoms with van der Waals surface area (Å²) in [4.78, 5) is 6.70. The van der Waals surface area contributed by atoms with E-state index in [9.17, 15) is 0 Å². The molecule has 0 aromatic rings. The molecule has 0 aromatic carbocycles. The Bertz CT molecular complexity index is 171. The zero-order valence-corrected chi connectivity index (χ0v) is 10.7. The molecular formula is C12H26N2. The average Bonchev–Trinajstić information content (AvgIpc) is 2.18. The van der Waals surface area contributed by atoms with Gasteiger partial charge in [-0.2, -0.15) is 0 Å². The van der Waals surface area contributed by atoms with E-state index in [-0.39, 0.29) is 0 Å². The Hall–Kier alpha value is -0.370. The fraction of sp³-hybridized carbons (Fsp3) is 0.917. The first-order valence-electron chi connectivity index (χ1n) is 5.70. The van der Waals surface area contributed by atoms with Gasteiger partial charge in [0.2, 0.25) is 0 Å². The average molecular weight is 198 g/mol. The van der Waals surface area contributed by atoms with E-state index in [0.717, 1.165) is 12.6 Å². The first-order chi connectivity index (χ1) is 6.56. The maximum atomic E-state index is 4.24. The molecule has 0 amide bonds. The van der Waals surface area contributed by atoms with Crippen molar-refractivity contribution in [3.05, 3.63) is 0 Å². The highest BCUT2D eigenvalue weighted by Gasteiger charge is 2.14. The van der Waals surface area contributed by atoms with E-state index in [1.54, 1.807) is 0 Å². The van der Waals surface area contributed by atoms with E-state index in [1.807, 2.05) is 7.05 Å². The molecule has 1 unspecified atom stereocenters. The third kappa shape index (κ3) is 4.23. The first kappa shape index (κ1) is 13.6. The summed E-state index contributed by atoms with van der Waals surface area (Å²) in [6, 6.07) is 0.724. The topological polar surface area (TPSA) is 15.6 Å². The van der Waals surface area contributed by atoms with E-state index in [2.05, 4.69) is 44.6 Å². The van der Waals surface area contributed by atoms with Crippen molar-refractivity contribution in [3.8, 4) is 0 Å². The molecule has 0 aliphatic carbocycles. The van der Waals surface area contributed by atoms with Gasteiger partial charge in [-0.25, -0.2) is 0 Å². The minimum absolute atomic E-state index is 0.575. The van der Waals surface area contributed by atoms with Crippen molar-refractivity contribution in [2.45, 2.75) is 46.6 Å². The number of aliphatic imine (C=N–C) groups is 1. The van der Waals surface area contributed by atoms with Crippen LogP contribution < -0.4 is 0 Å². The molecule has 14 heavy (non-hydrogen) atoms. The molecule has 0 saturated carbocycles. The van der Waals surface area contributed by atoms with Crippen molar-refractivity contribution >= 4 is 5.71 Å². The molecule has 0 fully saturated rings. The summed E-state index contributed by atoms with van der Waals surface area (Å²) in [5.74, 6) is 0.575. The van der Waals surface area contributed by atoms with Crippen LogP contribution in [0.3, 0.4) is 0 Å². The van der Waals surface area contributed by atoms with Crippen LogP contribution in [0, 0.1) is 5.92 Å². The summed E-state index contributed by atoms with van der Waals surface area (Å²) in [5, 5.41) is 0. The van der Waals surface area contributed by atoms with Gasteiger partial charge in [-0.3, -0.25) is 4.99 Å². The standard InChI is InChI=1S/C12H26N2/c1-7-12(8-2)14(6)9-10(3)11(4)13-5/h10,12H,7-9H2,1-6H3. The fourth-order valence-corrected chi connectivity index (χ4v) is 1.85. The Kier molecular flexibility index (Phi) is 6.81. The quantitative estimate of drug-likeness (QED) is 0.599. The summed E-state index contributed by atoms with van der Waals surface area (Å²) < 4.78 is 0. The van der Waals surface area contributed by atoms with Crippen LogP contribution in [-0.4, -0.2) is 37.3 Å². The van der Waals surface area contributed by atoms with Gasteiger partial charge in [-0.1, -0.05) is 20.8 Å². The van der Waals surface area contributed by atoms with Crippen molar-refractivity contribution in [2.24, 2.45) is 10.9 Å². The molecule has 0 N–H and O–H groups in total. The third-order valence-corrected chi connectivity index (χ3v) is 3.19.